The Morgan fingerprint density at radius 3 is 2.63 bits per heavy atom. The topological polar surface area (TPSA) is 53.1 Å². The lowest BCUT2D eigenvalue weighted by Gasteiger charge is -2.36. The maximum absolute atomic E-state index is 12.8. The van der Waals surface area contributed by atoms with E-state index in [1.54, 1.807) is 26.1 Å². The number of carbonyl (C=O) groups excluding carboxylic acids is 2. The van der Waals surface area contributed by atoms with Crippen molar-refractivity contribution in [1.82, 2.24) is 14.7 Å². The summed E-state index contributed by atoms with van der Waals surface area (Å²) in [5.74, 6) is 0.986. The number of methoxy groups -OCH3 is 1. The third kappa shape index (κ3) is 4.69. The van der Waals surface area contributed by atoms with Crippen LogP contribution in [0.1, 0.15) is 18.4 Å². The van der Waals surface area contributed by atoms with Crippen molar-refractivity contribution < 1.29 is 14.3 Å². The number of fused-ring (bicyclic) bond motifs is 4. The molecule has 4 rings (SSSR count). The first-order valence-electron chi connectivity index (χ1n) is 9.51. The molecule has 6 heteroatoms. The Hall–Kier alpha value is -2.34. The summed E-state index contributed by atoms with van der Waals surface area (Å²) in [6.45, 7) is 2.61. The number of amides is 2. The molecule has 3 aliphatic heterocycles. The minimum atomic E-state index is -0.0122. The number of hydrogen-bond donors (Lipinski definition) is 0. The number of rotatable bonds is 6. The molecule has 1 aromatic carbocycles. The van der Waals surface area contributed by atoms with Crippen LogP contribution in [-0.2, 0) is 9.59 Å². The fraction of sp³-hybridized carbons (Fsp3) is 0.524. The van der Waals surface area contributed by atoms with E-state index in [0.717, 1.165) is 43.8 Å². The first kappa shape index (κ1) is 19.4. The normalized spacial score (nSPS) is 22.9. The quantitative estimate of drug-likeness (QED) is 0.764. The van der Waals surface area contributed by atoms with Gasteiger partial charge in [0.15, 0.2) is 0 Å². The summed E-state index contributed by atoms with van der Waals surface area (Å²) in [6, 6.07) is 8.09. The third-order valence-electron chi connectivity index (χ3n) is 5.46. The second kappa shape index (κ2) is 8.57. The molecular formula is C21H29N3O3. The predicted octanol–water partition coefficient (Wildman–Crippen LogP) is 1.72. The lowest BCUT2D eigenvalue weighted by atomic mass is 9.94. The summed E-state index contributed by atoms with van der Waals surface area (Å²) >= 11 is 0. The van der Waals surface area contributed by atoms with E-state index in [0.29, 0.717) is 0 Å². The van der Waals surface area contributed by atoms with Gasteiger partial charge in [0.1, 0.15) is 12.3 Å². The van der Waals surface area contributed by atoms with Gasteiger partial charge in [-0.25, -0.2) is 0 Å². The molecule has 0 N–H and O–H groups in total. The Bertz CT molecular complexity index is 699. The summed E-state index contributed by atoms with van der Waals surface area (Å²) in [5, 5.41) is 0. The van der Waals surface area contributed by atoms with Crippen LogP contribution < -0.4 is 4.74 Å². The molecular weight excluding hydrogens is 342 g/mol. The Labute approximate surface area is 161 Å². The van der Waals surface area contributed by atoms with E-state index in [4.69, 9.17) is 4.74 Å². The molecule has 6 nitrogen and oxygen atoms in total. The average Bonchev–Trinajstić information content (AvgIpc) is 2.94. The largest absolute Gasteiger partial charge is 0.497 e. The second-order valence-corrected chi connectivity index (χ2v) is 7.58. The van der Waals surface area contributed by atoms with Gasteiger partial charge in [0.05, 0.1) is 13.0 Å². The number of likely N-dealkylation sites (N-methyl/N-ethyl adjacent to an activating group) is 1. The summed E-state index contributed by atoms with van der Waals surface area (Å²) in [6.07, 6.45) is 6.15. The van der Waals surface area contributed by atoms with Crippen molar-refractivity contribution in [1.29, 1.82) is 0 Å². The van der Waals surface area contributed by atoms with E-state index in [2.05, 4.69) is 17.1 Å². The highest BCUT2D eigenvalue weighted by Crippen LogP contribution is 2.29. The van der Waals surface area contributed by atoms with Gasteiger partial charge in [0, 0.05) is 39.8 Å². The van der Waals surface area contributed by atoms with Crippen molar-refractivity contribution in [2.24, 2.45) is 5.92 Å². The highest BCUT2D eigenvalue weighted by Gasteiger charge is 2.41. The molecule has 0 spiro atoms. The van der Waals surface area contributed by atoms with Crippen molar-refractivity contribution in [3.8, 4) is 5.75 Å². The first-order chi connectivity index (χ1) is 13.0. The molecule has 0 unspecified atom stereocenters. The van der Waals surface area contributed by atoms with Crippen LogP contribution in [0, 0.1) is 5.92 Å². The summed E-state index contributed by atoms with van der Waals surface area (Å²) in [4.78, 5) is 30.6. The minimum Gasteiger partial charge on any atom is -0.497 e. The van der Waals surface area contributed by atoms with Crippen molar-refractivity contribution >= 4 is 17.9 Å². The molecule has 3 aliphatic rings. The lowest BCUT2D eigenvalue weighted by molar-refractivity contribution is -0.145. The van der Waals surface area contributed by atoms with Crippen LogP contribution in [0.4, 0.5) is 0 Å². The number of hydrogen-bond acceptors (Lipinski definition) is 4. The van der Waals surface area contributed by atoms with Gasteiger partial charge in [-0.1, -0.05) is 24.3 Å². The van der Waals surface area contributed by atoms with Gasteiger partial charge in [0.25, 0.3) is 0 Å². The van der Waals surface area contributed by atoms with E-state index in [9.17, 15) is 9.59 Å². The Morgan fingerprint density at radius 2 is 1.96 bits per heavy atom. The molecule has 146 valence electrons. The molecule has 3 heterocycles. The number of nitrogens with zero attached hydrogens (tertiary/aromatic N) is 3. The van der Waals surface area contributed by atoms with Gasteiger partial charge in [0.2, 0.25) is 11.8 Å². The summed E-state index contributed by atoms with van der Waals surface area (Å²) in [5.41, 5.74) is 1.13. The standard InChI is InChI=1S/C21H29N3O3/c1-22(2)20(25)15-24-18-9-8-17(21(24)26)13-23(14-18)12-4-5-16-6-10-19(27-3)11-7-16/h4-7,10-11,17-18H,8-9,12-15H2,1-3H3/b5-4+/t17-,18+/m0/s1. The van der Waals surface area contributed by atoms with E-state index < -0.39 is 0 Å². The van der Waals surface area contributed by atoms with Crippen molar-refractivity contribution in [2.45, 2.75) is 18.9 Å². The molecule has 0 aromatic heterocycles. The van der Waals surface area contributed by atoms with E-state index >= 15 is 0 Å². The fourth-order valence-electron chi connectivity index (χ4n) is 3.83. The van der Waals surface area contributed by atoms with E-state index in [1.807, 2.05) is 29.2 Å². The highest BCUT2D eigenvalue weighted by atomic mass is 16.5. The molecule has 0 radical (unpaired) electrons. The predicted molar refractivity (Wildman–Crippen MR) is 105 cm³/mol. The molecule has 0 saturated carbocycles. The highest BCUT2D eigenvalue weighted by molar-refractivity contribution is 5.86. The number of benzene rings is 1. The Kier molecular flexibility index (Phi) is 6.16. The average molecular weight is 371 g/mol. The van der Waals surface area contributed by atoms with Crippen LogP contribution >= 0.6 is 0 Å². The van der Waals surface area contributed by atoms with Gasteiger partial charge < -0.3 is 14.5 Å². The smallest absolute Gasteiger partial charge is 0.241 e. The zero-order chi connectivity index (χ0) is 19.4. The van der Waals surface area contributed by atoms with Crippen molar-refractivity contribution in [2.75, 3.05) is 47.4 Å². The molecule has 1 aromatic rings. The van der Waals surface area contributed by atoms with Crippen molar-refractivity contribution in [3.05, 3.63) is 35.9 Å². The van der Waals surface area contributed by atoms with Crippen LogP contribution in [0.15, 0.2) is 30.3 Å². The Balaban J connectivity index is 1.61. The van der Waals surface area contributed by atoms with Gasteiger partial charge in [-0.2, -0.15) is 0 Å². The molecule has 2 bridgehead atoms. The summed E-state index contributed by atoms with van der Waals surface area (Å²) < 4.78 is 5.18. The molecule has 2 amide bonds. The van der Waals surface area contributed by atoms with Gasteiger partial charge in [-0.3, -0.25) is 14.5 Å². The molecule has 27 heavy (non-hydrogen) atoms. The number of carbonyl (C=O) groups is 2. The summed E-state index contributed by atoms with van der Waals surface area (Å²) in [7, 11) is 5.13. The maximum atomic E-state index is 12.8. The minimum absolute atomic E-state index is 0.00750. The third-order valence-corrected chi connectivity index (χ3v) is 5.46. The Morgan fingerprint density at radius 1 is 1.22 bits per heavy atom. The lowest BCUT2D eigenvalue weighted by Crippen LogP contribution is -2.51. The number of ether oxygens (including phenoxy) is 1. The van der Waals surface area contributed by atoms with E-state index in [1.165, 1.54) is 0 Å². The molecule has 3 saturated heterocycles. The second-order valence-electron chi connectivity index (χ2n) is 7.58. The van der Waals surface area contributed by atoms with Crippen LogP contribution in [0.25, 0.3) is 6.08 Å². The maximum Gasteiger partial charge on any atom is 0.241 e. The fourth-order valence-corrected chi connectivity index (χ4v) is 3.83. The number of piperidine rings is 1. The van der Waals surface area contributed by atoms with Crippen LogP contribution in [0.2, 0.25) is 0 Å². The van der Waals surface area contributed by atoms with Gasteiger partial charge >= 0.3 is 0 Å². The monoisotopic (exact) mass is 371 g/mol. The van der Waals surface area contributed by atoms with Crippen LogP contribution in [0.3, 0.4) is 0 Å². The first-order valence-corrected chi connectivity index (χ1v) is 9.51. The SMILES string of the molecule is COc1ccc(/C=C/CN2C[C@@H]3CC[C@H](C2)N(CC(=O)N(C)C)C3=O)cc1. The molecule has 3 fully saturated rings. The van der Waals surface area contributed by atoms with Gasteiger partial charge in [-0.05, 0) is 30.5 Å². The zero-order valence-electron chi connectivity index (χ0n) is 16.4. The molecule has 2 atom stereocenters. The zero-order valence-corrected chi connectivity index (χ0v) is 16.4. The van der Waals surface area contributed by atoms with Crippen LogP contribution in [0.5, 0.6) is 5.75 Å². The van der Waals surface area contributed by atoms with Crippen molar-refractivity contribution in [3.63, 3.8) is 0 Å². The van der Waals surface area contributed by atoms with Gasteiger partial charge in [-0.15, -0.1) is 0 Å². The van der Waals surface area contributed by atoms with E-state index in [-0.39, 0.29) is 30.3 Å². The van der Waals surface area contributed by atoms with Crippen LogP contribution in [-0.4, -0.2) is 79.9 Å². The molecule has 0 aliphatic carbocycles.